The highest BCUT2D eigenvalue weighted by molar-refractivity contribution is 5.81. The Morgan fingerprint density at radius 3 is 1.96 bits per heavy atom. The molecule has 1 aromatic heterocycles. The maximum Gasteiger partial charge on any atom is 0.266 e. The zero-order valence-corrected chi connectivity index (χ0v) is 15.2. The number of aryl methyl sites for hydroxylation is 3. The standard InChI is InChI=1S/C23H20N2O/c1-15-4-9-18(10-5-15)22-24-21-13-8-17(3)14-20(21)23(26)25(22)19-11-6-16(2)7-12-19/h4-14H,1-3H3. The normalized spacial score (nSPS) is 11.0. The van der Waals surface area contributed by atoms with Crippen LogP contribution >= 0.6 is 0 Å². The van der Waals surface area contributed by atoms with Crippen molar-refractivity contribution in [1.29, 1.82) is 0 Å². The van der Waals surface area contributed by atoms with Gasteiger partial charge in [-0.25, -0.2) is 4.98 Å². The van der Waals surface area contributed by atoms with Crippen LogP contribution in [0.2, 0.25) is 0 Å². The predicted octanol–water partition coefficient (Wildman–Crippen LogP) is 4.98. The highest BCUT2D eigenvalue weighted by Crippen LogP contribution is 2.23. The van der Waals surface area contributed by atoms with E-state index in [4.69, 9.17) is 4.98 Å². The molecule has 0 aliphatic heterocycles. The lowest BCUT2D eigenvalue weighted by molar-refractivity contribution is 0.974. The molecule has 0 fully saturated rings. The lowest BCUT2D eigenvalue weighted by atomic mass is 10.1. The van der Waals surface area contributed by atoms with E-state index in [1.807, 2.05) is 87.5 Å². The maximum atomic E-state index is 13.4. The van der Waals surface area contributed by atoms with Crippen LogP contribution in [0.3, 0.4) is 0 Å². The van der Waals surface area contributed by atoms with Crippen LogP contribution in [-0.2, 0) is 0 Å². The van der Waals surface area contributed by atoms with Gasteiger partial charge in [0, 0.05) is 5.56 Å². The van der Waals surface area contributed by atoms with Crippen LogP contribution in [0.5, 0.6) is 0 Å². The number of benzene rings is 3. The van der Waals surface area contributed by atoms with Crippen molar-refractivity contribution in [2.45, 2.75) is 20.8 Å². The van der Waals surface area contributed by atoms with Crippen molar-refractivity contribution < 1.29 is 0 Å². The van der Waals surface area contributed by atoms with Gasteiger partial charge in [0.05, 0.1) is 16.6 Å². The first kappa shape index (κ1) is 16.3. The minimum atomic E-state index is -0.0434. The summed E-state index contributed by atoms with van der Waals surface area (Å²) in [4.78, 5) is 18.2. The van der Waals surface area contributed by atoms with Crippen molar-refractivity contribution in [3.8, 4) is 17.1 Å². The number of fused-ring (bicyclic) bond motifs is 1. The lowest BCUT2D eigenvalue weighted by Gasteiger charge is -2.14. The molecular formula is C23H20N2O. The summed E-state index contributed by atoms with van der Waals surface area (Å²) in [6, 6.07) is 21.9. The van der Waals surface area contributed by atoms with Gasteiger partial charge in [0.25, 0.3) is 5.56 Å². The molecule has 0 radical (unpaired) electrons. The van der Waals surface area contributed by atoms with E-state index < -0.39 is 0 Å². The molecule has 0 saturated carbocycles. The third-order valence-electron chi connectivity index (χ3n) is 4.63. The van der Waals surface area contributed by atoms with Crippen molar-refractivity contribution in [3.63, 3.8) is 0 Å². The Morgan fingerprint density at radius 2 is 1.31 bits per heavy atom. The molecule has 4 aromatic rings. The summed E-state index contributed by atoms with van der Waals surface area (Å²) in [5, 5.41) is 0.640. The van der Waals surface area contributed by atoms with E-state index in [9.17, 15) is 4.79 Å². The molecule has 0 atom stereocenters. The molecule has 0 saturated heterocycles. The summed E-state index contributed by atoms with van der Waals surface area (Å²) in [5.41, 5.74) is 5.81. The van der Waals surface area contributed by atoms with E-state index in [0.717, 1.165) is 27.9 Å². The monoisotopic (exact) mass is 340 g/mol. The number of rotatable bonds is 2. The van der Waals surface area contributed by atoms with Crippen LogP contribution in [0.15, 0.2) is 71.5 Å². The van der Waals surface area contributed by atoms with Crippen LogP contribution in [-0.4, -0.2) is 9.55 Å². The highest BCUT2D eigenvalue weighted by Gasteiger charge is 2.14. The average molecular weight is 340 g/mol. The molecule has 3 heteroatoms. The van der Waals surface area contributed by atoms with E-state index >= 15 is 0 Å². The Labute approximate surface area is 152 Å². The maximum absolute atomic E-state index is 13.4. The first-order chi connectivity index (χ1) is 12.5. The SMILES string of the molecule is Cc1ccc(-c2nc3ccc(C)cc3c(=O)n2-c2ccc(C)cc2)cc1. The number of hydrogen-bond donors (Lipinski definition) is 0. The van der Waals surface area contributed by atoms with Gasteiger partial charge in [-0.3, -0.25) is 9.36 Å². The summed E-state index contributed by atoms with van der Waals surface area (Å²) >= 11 is 0. The van der Waals surface area contributed by atoms with Crippen molar-refractivity contribution in [2.24, 2.45) is 0 Å². The molecule has 0 bridgehead atoms. The largest absolute Gasteiger partial charge is 0.268 e. The lowest BCUT2D eigenvalue weighted by Crippen LogP contribution is -2.22. The van der Waals surface area contributed by atoms with Gasteiger partial charge in [-0.05, 0) is 45.0 Å². The Bertz CT molecular complexity index is 1150. The van der Waals surface area contributed by atoms with Gasteiger partial charge in [0.1, 0.15) is 5.82 Å². The van der Waals surface area contributed by atoms with Gasteiger partial charge in [0.15, 0.2) is 0 Å². The molecule has 0 amide bonds. The second kappa shape index (κ2) is 6.26. The van der Waals surface area contributed by atoms with Crippen molar-refractivity contribution in [1.82, 2.24) is 9.55 Å². The minimum absolute atomic E-state index is 0.0434. The van der Waals surface area contributed by atoms with E-state index in [0.29, 0.717) is 11.2 Å². The van der Waals surface area contributed by atoms with Gasteiger partial charge in [-0.15, -0.1) is 0 Å². The topological polar surface area (TPSA) is 34.9 Å². The Hall–Kier alpha value is -3.20. The first-order valence-corrected chi connectivity index (χ1v) is 8.70. The first-order valence-electron chi connectivity index (χ1n) is 8.70. The highest BCUT2D eigenvalue weighted by atomic mass is 16.1. The number of hydrogen-bond acceptors (Lipinski definition) is 2. The Balaban J connectivity index is 2.09. The average Bonchev–Trinajstić information content (AvgIpc) is 2.64. The molecule has 3 aromatic carbocycles. The second-order valence-corrected chi connectivity index (χ2v) is 6.80. The second-order valence-electron chi connectivity index (χ2n) is 6.80. The molecule has 0 aliphatic rings. The van der Waals surface area contributed by atoms with E-state index in [1.165, 1.54) is 5.56 Å². The van der Waals surface area contributed by atoms with Gasteiger partial charge in [-0.2, -0.15) is 0 Å². The smallest absolute Gasteiger partial charge is 0.266 e. The van der Waals surface area contributed by atoms with Gasteiger partial charge >= 0.3 is 0 Å². The molecule has 3 nitrogen and oxygen atoms in total. The van der Waals surface area contributed by atoms with Crippen LogP contribution < -0.4 is 5.56 Å². The zero-order valence-electron chi connectivity index (χ0n) is 15.2. The van der Waals surface area contributed by atoms with Gasteiger partial charge in [0.2, 0.25) is 0 Å². The third-order valence-corrected chi connectivity index (χ3v) is 4.63. The molecule has 1 heterocycles. The van der Waals surface area contributed by atoms with Gasteiger partial charge in [-0.1, -0.05) is 59.2 Å². The summed E-state index contributed by atoms with van der Waals surface area (Å²) in [7, 11) is 0. The number of nitrogens with zero attached hydrogens (tertiary/aromatic N) is 2. The van der Waals surface area contributed by atoms with E-state index in [-0.39, 0.29) is 5.56 Å². The molecule has 0 N–H and O–H groups in total. The molecule has 128 valence electrons. The van der Waals surface area contributed by atoms with Crippen LogP contribution in [0.25, 0.3) is 28.0 Å². The molecular weight excluding hydrogens is 320 g/mol. The van der Waals surface area contributed by atoms with Gasteiger partial charge < -0.3 is 0 Å². The number of aromatic nitrogens is 2. The van der Waals surface area contributed by atoms with Crippen molar-refractivity contribution >= 4 is 10.9 Å². The fourth-order valence-corrected chi connectivity index (χ4v) is 3.13. The fraction of sp³-hybridized carbons (Fsp3) is 0.130. The third kappa shape index (κ3) is 2.82. The molecule has 0 aliphatic carbocycles. The van der Waals surface area contributed by atoms with Crippen molar-refractivity contribution in [2.75, 3.05) is 0 Å². The predicted molar refractivity (Wildman–Crippen MR) is 107 cm³/mol. The van der Waals surface area contributed by atoms with Crippen LogP contribution in [0, 0.1) is 20.8 Å². The molecule has 0 unspecified atom stereocenters. The zero-order chi connectivity index (χ0) is 18.3. The van der Waals surface area contributed by atoms with Crippen molar-refractivity contribution in [3.05, 3.63) is 93.8 Å². The Morgan fingerprint density at radius 1 is 0.731 bits per heavy atom. The molecule has 0 spiro atoms. The summed E-state index contributed by atoms with van der Waals surface area (Å²) in [5.74, 6) is 0.662. The van der Waals surface area contributed by atoms with Crippen LogP contribution in [0.1, 0.15) is 16.7 Å². The summed E-state index contributed by atoms with van der Waals surface area (Å²) in [6.07, 6.45) is 0. The van der Waals surface area contributed by atoms with E-state index in [2.05, 4.69) is 0 Å². The molecule has 26 heavy (non-hydrogen) atoms. The quantitative estimate of drug-likeness (QED) is 0.516. The summed E-state index contributed by atoms with van der Waals surface area (Å²) in [6.45, 7) is 6.08. The van der Waals surface area contributed by atoms with Crippen LogP contribution in [0.4, 0.5) is 0 Å². The molecule has 4 rings (SSSR count). The fourth-order valence-electron chi connectivity index (χ4n) is 3.13. The van der Waals surface area contributed by atoms with E-state index in [1.54, 1.807) is 4.57 Å². The summed E-state index contributed by atoms with van der Waals surface area (Å²) < 4.78 is 1.71. The Kier molecular flexibility index (Phi) is 3.92. The minimum Gasteiger partial charge on any atom is -0.268 e.